The number of amides is 2. The van der Waals surface area contributed by atoms with Crippen molar-refractivity contribution in [2.24, 2.45) is 17.6 Å². The van der Waals surface area contributed by atoms with Crippen molar-refractivity contribution < 1.29 is 29.0 Å². The molecule has 2 unspecified atom stereocenters. The van der Waals surface area contributed by atoms with Gasteiger partial charge in [0.15, 0.2) is 0 Å². The fraction of sp³-hybridized carbons (Fsp3) is 0.345. The lowest BCUT2D eigenvalue weighted by Gasteiger charge is -2.36. The van der Waals surface area contributed by atoms with Gasteiger partial charge in [-0.05, 0) is 52.8 Å². The minimum absolute atomic E-state index is 0.0389. The summed E-state index contributed by atoms with van der Waals surface area (Å²) in [5, 5.41) is 12.0. The highest BCUT2D eigenvalue weighted by Crippen LogP contribution is 2.34. The summed E-state index contributed by atoms with van der Waals surface area (Å²) in [6, 6.07) is 20.2. The summed E-state index contributed by atoms with van der Waals surface area (Å²) < 4.78 is 9.63. The number of rotatable bonds is 10. The number of nitrogens with two attached hydrogens (primary N) is 1. The van der Waals surface area contributed by atoms with Crippen LogP contribution in [0.25, 0.3) is 21.9 Å². The number of hydrogen-bond acceptors (Lipinski definition) is 6. The van der Waals surface area contributed by atoms with Crippen molar-refractivity contribution in [2.45, 2.75) is 33.2 Å². The Kier molecular flexibility index (Phi) is 9.63. The molecule has 0 radical (unpaired) electrons. The normalized spacial score (nSPS) is 12.7. The predicted molar refractivity (Wildman–Crippen MR) is 142 cm³/mol. The minimum Gasteiger partial charge on any atom is -0.434 e. The van der Waals surface area contributed by atoms with E-state index in [1.54, 1.807) is 6.92 Å². The third-order valence-corrected chi connectivity index (χ3v) is 6.09. The minimum atomic E-state index is -1.13. The highest BCUT2D eigenvalue weighted by molar-refractivity contribution is 5.87. The maximum atomic E-state index is 13.0. The second-order valence-electron chi connectivity index (χ2n) is 9.24. The van der Waals surface area contributed by atoms with Crippen LogP contribution in [-0.2, 0) is 14.3 Å². The maximum Gasteiger partial charge on any atom is 0.516 e. The van der Waals surface area contributed by atoms with E-state index >= 15 is 0 Å². The van der Waals surface area contributed by atoms with E-state index < -0.39 is 30.1 Å². The Bertz CT molecular complexity index is 1220. The lowest BCUT2D eigenvalue weighted by atomic mass is 9.87. The van der Waals surface area contributed by atoms with E-state index in [9.17, 15) is 19.5 Å². The van der Waals surface area contributed by atoms with Crippen LogP contribution in [-0.4, -0.2) is 47.9 Å². The molecule has 0 saturated heterocycles. The fourth-order valence-corrected chi connectivity index (χ4v) is 4.45. The van der Waals surface area contributed by atoms with Crippen LogP contribution in [0.2, 0.25) is 0 Å². The number of aliphatic hydroxyl groups is 1. The SMILES string of the molecule is CCOC(=O)OC(=O)C(CCO)C(c1ccc(-c2ccc3ccccc3c2)cc1)N(CC(C)C)C(N)=O. The van der Waals surface area contributed by atoms with E-state index in [0.29, 0.717) is 5.56 Å². The summed E-state index contributed by atoms with van der Waals surface area (Å²) in [6.45, 7) is 5.39. The van der Waals surface area contributed by atoms with Crippen LogP contribution in [0.1, 0.15) is 38.8 Å². The van der Waals surface area contributed by atoms with Gasteiger partial charge in [0.1, 0.15) is 0 Å². The van der Waals surface area contributed by atoms with Crippen molar-refractivity contribution in [3.8, 4) is 11.1 Å². The number of carbonyl (C=O) groups excluding carboxylic acids is 3. The largest absolute Gasteiger partial charge is 0.516 e. The molecule has 3 N–H and O–H groups in total. The molecule has 0 fully saturated rings. The summed E-state index contributed by atoms with van der Waals surface area (Å²) in [5.74, 6) is -1.90. The number of hydrogen-bond donors (Lipinski definition) is 2. The van der Waals surface area contributed by atoms with Crippen LogP contribution < -0.4 is 5.73 Å². The smallest absolute Gasteiger partial charge is 0.434 e. The molecule has 3 aromatic rings. The lowest BCUT2D eigenvalue weighted by Crippen LogP contribution is -2.46. The number of urea groups is 1. The van der Waals surface area contributed by atoms with Gasteiger partial charge in [-0.15, -0.1) is 0 Å². The number of ether oxygens (including phenoxy) is 2. The number of aliphatic hydroxyl groups excluding tert-OH is 1. The fourth-order valence-electron chi connectivity index (χ4n) is 4.45. The lowest BCUT2D eigenvalue weighted by molar-refractivity contribution is -0.147. The van der Waals surface area contributed by atoms with E-state index in [0.717, 1.165) is 21.9 Å². The first-order valence-corrected chi connectivity index (χ1v) is 12.4. The first-order chi connectivity index (χ1) is 17.7. The van der Waals surface area contributed by atoms with Crippen molar-refractivity contribution in [3.63, 3.8) is 0 Å². The van der Waals surface area contributed by atoms with Crippen molar-refractivity contribution in [2.75, 3.05) is 19.8 Å². The van der Waals surface area contributed by atoms with Gasteiger partial charge in [0, 0.05) is 13.2 Å². The van der Waals surface area contributed by atoms with Gasteiger partial charge in [-0.1, -0.05) is 74.5 Å². The number of primary amides is 1. The van der Waals surface area contributed by atoms with Gasteiger partial charge in [-0.25, -0.2) is 9.59 Å². The Morgan fingerprint density at radius 1 is 0.946 bits per heavy atom. The second kappa shape index (κ2) is 12.9. The topological polar surface area (TPSA) is 119 Å². The van der Waals surface area contributed by atoms with Crippen molar-refractivity contribution in [3.05, 3.63) is 72.3 Å². The van der Waals surface area contributed by atoms with Crippen molar-refractivity contribution in [1.29, 1.82) is 0 Å². The molecule has 0 aliphatic rings. The molecular weight excluding hydrogens is 472 g/mol. The zero-order valence-corrected chi connectivity index (χ0v) is 21.4. The van der Waals surface area contributed by atoms with Crippen LogP contribution in [0.5, 0.6) is 0 Å². The summed E-state index contributed by atoms with van der Waals surface area (Å²) in [4.78, 5) is 38.9. The van der Waals surface area contributed by atoms with Gasteiger partial charge in [0.2, 0.25) is 0 Å². The molecule has 37 heavy (non-hydrogen) atoms. The third-order valence-electron chi connectivity index (χ3n) is 6.09. The Hall–Kier alpha value is -3.91. The first kappa shape index (κ1) is 27.7. The molecule has 0 heterocycles. The van der Waals surface area contributed by atoms with Crippen LogP contribution in [0.4, 0.5) is 9.59 Å². The Balaban J connectivity index is 2.02. The Morgan fingerprint density at radius 2 is 1.59 bits per heavy atom. The Labute approximate surface area is 217 Å². The highest BCUT2D eigenvalue weighted by Gasteiger charge is 2.38. The molecule has 3 rings (SSSR count). The van der Waals surface area contributed by atoms with E-state index in [4.69, 9.17) is 15.2 Å². The molecule has 0 bridgehead atoms. The van der Waals surface area contributed by atoms with Gasteiger partial charge in [0.25, 0.3) is 0 Å². The van der Waals surface area contributed by atoms with Crippen LogP contribution in [0.15, 0.2) is 66.7 Å². The maximum absolute atomic E-state index is 13.0. The zero-order valence-electron chi connectivity index (χ0n) is 21.4. The first-order valence-electron chi connectivity index (χ1n) is 12.4. The predicted octanol–water partition coefficient (Wildman–Crippen LogP) is 5.28. The van der Waals surface area contributed by atoms with E-state index in [-0.39, 0.29) is 32.1 Å². The van der Waals surface area contributed by atoms with Gasteiger partial charge in [-0.3, -0.25) is 4.79 Å². The Morgan fingerprint density at radius 3 is 2.19 bits per heavy atom. The molecule has 0 aromatic heterocycles. The van der Waals surface area contributed by atoms with Crippen molar-refractivity contribution in [1.82, 2.24) is 4.90 Å². The monoisotopic (exact) mass is 506 g/mol. The van der Waals surface area contributed by atoms with Crippen LogP contribution in [0.3, 0.4) is 0 Å². The molecule has 0 saturated carbocycles. The number of benzene rings is 3. The quantitative estimate of drug-likeness (QED) is 0.285. The van der Waals surface area contributed by atoms with Gasteiger partial charge < -0.3 is 25.2 Å². The van der Waals surface area contributed by atoms with Crippen molar-refractivity contribution >= 4 is 28.9 Å². The number of nitrogens with zero attached hydrogens (tertiary/aromatic N) is 1. The third kappa shape index (κ3) is 7.07. The van der Waals surface area contributed by atoms with Gasteiger partial charge in [-0.2, -0.15) is 0 Å². The molecular formula is C29H34N2O6. The number of fused-ring (bicyclic) bond motifs is 1. The summed E-state index contributed by atoms with van der Waals surface area (Å²) >= 11 is 0. The standard InChI is InChI=1S/C29H34N2O6/c1-4-36-29(35)37-27(33)25(15-16-32)26(31(28(30)34)18-19(2)3)22-12-9-21(10-13-22)24-14-11-20-7-5-6-8-23(20)17-24/h5-14,17,19,25-26,32H,4,15-16,18H2,1-3H3,(H2,30,34). The molecule has 8 heteroatoms. The zero-order chi connectivity index (χ0) is 26.9. The average molecular weight is 507 g/mol. The molecule has 0 aliphatic heterocycles. The second-order valence-corrected chi connectivity index (χ2v) is 9.24. The highest BCUT2D eigenvalue weighted by atomic mass is 16.7. The molecule has 196 valence electrons. The number of carbonyl (C=O) groups is 3. The summed E-state index contributed by atoms with van der Waals surface area (Å²) in [6.07, 6.45) is -1.17. The summed E-state index contributed by atoms with van der Waals surface area (Å²) in [7, 11) is 0. The van der Waals surface area contributed by atoms with E-state index in [2.05, 4.69) is 24.3 Å². The van der Waals surface area contributed by atoms with Gasteiger partial charge in [0.05, 0.1) is 18.6 Å². The van der Waals surface area contributed by atoms with E-state index in [1.807, 2.05) is 56.3 Å². The van der Waals surface area contributed by atoms with E-state index in [1.165, 1.54) is 4.90 Å². The molecule has 0 spiro atoms. The van der Waals surface area contributed by atoms with Crippen LogP contribution in [0, 0.1) is 11.8 Å². The summed E-state index contributed by atoms with van der Waals surface area (Å²) in [5.41, 5.74) is 8.36. The number of esters is 1. The van der Waals surface area contributed by atoms with Crippen LogP contribution >= 0.6 is 0 Å². The molecule has 2 atom stereocenters. The molecule has 3 aromatic carbocycles. The average Bonchev–Trinajstić information content (AvgIpc) is 2.87. The molecule has 8 nitrogen and oxygen atoms in total. The molecule has 0 aliphatic carbocycles. The molecule has 2 amide bonds. The van der Waals surface area contributed by atoms with Gasteiger partial charge >= 0.3 is 18.2 Å².